The van der Waals surface area contributed by atoms with Crippen LogP contribution in [0.1, 0.15) is 74.1 Å². The molecule has 3 nitrogen and oxygen atoms in total. The number of hydrogen-bond acceptors (Lipinski definition) is 3. The summed E-state index contributed by atoms with van der Waals surface area (Å²) in [5.41, 5.74) is 5.52. The van der Waals surface area contributed by atoms with Crippen LogP contribution in [0.15, 0.2) is 22.3 Å². The fraction of sp³-hybridized carbons (Fsp3) is 0.750. The Morgan fingerprint density at radius 1 is 1.04 bits per heavy atom. The van der Waals surface area contributed by atoms with Crippen molar-refractivity contribution in [2.75, 3.05) is 6.61 Å². The van der Waals surface area contributed by atoms with E-state index in [0.717, 1.165) is 25.7 Å². The van der Waals surface area contributed by atoms with Gasteiger partial charge in [-0.05, 0) is 74.1 Å². The van der Waals surface area contributed by atoms with Gasteiger partial charge in [-0.25, -0.2) is 0 Å². The number of carbonyl (C=O) groups is 1. The lowest BCUT2D eigenvalue weighted by atomic mass is 9.77. The van der Waals surface area contributed by atoms with Crippen LogP contribution >= 0.6 is 0 Å². The van der Waals surface area contributed by atoms with Gasteiger partial charge in [0, 0.05) is 5.54 Å². The normalized spacial score (nSPS) is 29.8. The highest BCUT2D eigenvalue weighted by Gasteiger charge is 2.40. The van der Waals surface area contributed by atoms with Crippen molar-refractivity contribution in [2.45, 2.75) is 85.2 Å². The van der Waals surface area contributed by atoms with Crippen LogP contribution in [0.25, 0.3) is 0 Å². The molecule has 0 aromatic rings. The number of nitrogens with one attached hydrogen (secondary N) is 1. The average Bonchev–Trinajstić information content (AvgIpc) is 2.31. The maximum atomic E-state index is 12.3. The van der Waals surface area contributed by atoms with Gasteiger partial charge in [-0.2, -0.15) is 0 Å². The van der Waals surface area contributed by atoms with E-state index in [1.54, 1.807) is 0 Å². The zero-order chi connectivity index (χ0) is 17.4. The number of hydrogen-bond donors (Lipinski definition) is 1. The summed E-state index contributed by atoms with van der Waals surface area (Å²) in [4.78, 5) is 12.3. The Morgan fingerprint density at radius 2 is 1.61 bits per heavy atom. The van der Waals surface area contributed by atoms with Crippen molar-refractivity contribution in [2.24, 2.45) is 5.92 Å². The smallest absolute Gasteiger partial charge is 0.309 e. The first-order valence-electron chi connectivity index (χ1n) is 8.78. The van der Waals surface area contributed by atoms with Gasteiger partial charge in [-0.1, -0.05) is 22.3 Å². The van der Waals surface area contributed by atoms with Crippen molar-refractivity contribution in [1.29, 1.82) is 0 Å². The van der Waals surface area contributed by atoms with Gasteiger partial charge in [0.05, 0.1) is 11.5 Å². The lowest BCUT2D eigenvalue weighted by Crippen LogP contribution is -2.60. The number of esters is 1. The van der Waals surface area contributed by atoms with Crippen molar-refractivity contribution >= 4 is 5.97 Å². The van der Waals surface area contributed by atoms with E-state index in [0.29, 0.717) is 6.61 Å². The number of allylic oxidation sites excluding steroid dienone is 3. The molecule has 2 rings (SSSR count). The summed E-state index contributed by atoms with van der Waals surface area (Å²) in [5.74, 6) is 0.0446. The van der Waals surface area contributed by atoms with Crippen molar-refractivity contribution in [3.8, 4) is 0 Å². The molecule has 0 aromatic carbocycles. The molecule has 0 aromatic heterocycles. The second-order valence-corrected chi connectivity index (χ2v) is 8.84. The van der Waals surface area contributed by atoms with E-state index in [1.807, 2.05) is 0 Å². The summed E-state index contributed by atoms with van der Waals surface area (Å²) >= 11 is 0. The standard InChI is InChI=1S/C20H33NO2/c1-13(2)15-8-16(9-15)18(22)23-12-20(7)11-17(14(3)4)10-19(5,6)21-20/h16,21H,8-12H2,1-7H3. The molecule has 1 heterocycles. The molecule has 1 saturated heterocycles. The van der Waals surface area contributed by atoms with E-state index >= 15 is 0 Å². The number of carbonyl (C=O) groups excluding carboxylic acids is 1. The van der Waals surface area contributed by atoms with E-state index in [9.17, 15) is 4.79 Å². The fourth-order valence-corrected chi connectivity index (χ4v) is 3.87. The summed E-state index contributed by atoms with van der Waals surface area (Å²) < 4.78 is 5.69. The molecule has 0 radical (unpaired) electrons. The molecule has 0 amide bonds. The second-order valence-electron chi connectivity index (χ2n) is 8.84. The first kappa shape index (κ1) is 18.3. The highest BCUT2D eigenvalue weighted by Crippen LogP contribution is 2.37. The summed E-state index contributed by atoms with van der Waals surface area (Å²) in [6.07, 6.45) is 3.79. The van der Waals surface area contributed by atoms with E-state index < -0.39 is 0 Å². The number of rotatable bonds is 3. The largest absolute Gasteiger partial charge is 0.463 e. The van der Waals surface area contributed by atoms with Gasteiger partial charge in [0.2, 0.25) is 0 Å². The third-order valence-electron chi connectivity index (χ3n) is 5.17. The van der Waals surface area contributed by atoms with Crippen LogP contribution < -0.4 is 5.32 Å². The van der Waals surface area contributed by atoms with Crippen molar-refractivity contribution in [1.82, 2.24) is 5.32 Å². The molecule has 1 aliphatic heterocycles. The molecule has 130 valence electrons. The van der Waals surface area contributed by atoms with Crippen LogP contribution in [0.5, 0.6) is 0 Å². The number of ether oxygens (including phenoxy) is 1. The van der Waals surface area contributed by atoms with Crippen molar-refractivity contribution < 1.29 is 9.53 Å². The van der Waals surface area contributed by atoms with Crippen LogP contribution in [0.3, 0.4) is 0 Å². The summed E-state index contributed by atoms with van der Waals surface area (Å²) in [6, 6.07) is 0. The Hall–Kier alpha value is -1.09. The van der Waals surface area contributed by atoms with Gasteiger partial charge in [0.25, 0.3) is 0 Å². The first-order valence-corrected chi connectivity index (χ1v) is 8.78. The second kappa shape index (κ2) is 6.43. The monoisotopic (exact) mass is 319 g/mol. The third kappa shape index (κ3) is 4.47. The Morgan fingerprint density at radius 3 is 2.13 bits per heavy atom. The van der Waals surface area contributed by atoms with Crippen LogP contribution in [-0.2, 0) is 9.53 Å². The Kier molecular flexibility index (Phi) is 5.10. The quantitative estimate of drug-likeness (QED) is 0.613. The molecular weight excluding hydrogens is 286 g/mol. The topological polar surface area (TPSA) is 38.3 Å². The SMILES string of the molecule is CC(C)=C1CC(C(=O)OCC2(C)CC(=C(C)C)CC(C)(C)N2)C1. The van der Waals surface area contributed by atoms with Crippen molar-refractivity contribution in [3.05, 3.63) is 22.3 Å². The van der Waals surface area contributed by atoms with E-state index in [2.05, 4.69) is 53.8 Å². The van der Waals surface area contributed by atoms with E-state index in [-0.39, 0.29) is 23.0 Å². The van der Waals surface area contributed by atoms with Gasteiger partial charge >= 0.3 is 5.97 Å². The molecule has 1 atom stereocenters. The molecule has 1 N–H and O–H groups in total. The Balaban J connectivity index is 1.95. The molecule has 1 saturated carbocycles. The highest BCUT2D eigenvalue weighted by molar-refractivity contribution is 5.75. The minimum absolute atomic E-state index is 0.0276. The summed E-state index contributed by atoms with van der Waals surface area (Å²) in [7, 11) is 0. The van der Waals surface area contributed by atoms with Gasteiger partial charge in [-0.3, -0.25) is 4.79 Å². The average molecular weight is 319 g/mol. The maximum absolute atomic E-state index is 12.3. The van der Waals surface area contributed by atoms with E-state index in [4.69, 9.17) is 4.74 Å². The fourth-order valence-electron chi connectivity index (χ4n) is 3.87. The van der Waals surface area contributed by atoms with Crippen LogP contribution in [0.2, 0.25) is 0 Å². The maximum Gasteiger partial charge on any atom is 0.309 e. The molecule has 1 unspecified atom stereocenters. The van der Waals surface area contributed by atoms with Crippen LogP contribution in [0, 0.1) is 5.92 Å². The third-order valence-corrected chi connectivity index (χ3v) is 5.17. The lowest BCUT2D eigenvalue weighted by Gasteiger charge is -2.46. The molecule has 0 spiro atoms. The molecule has 1 aliphatic carbocycles. The minimum atomic E-state index is -0.174. The van der Waals surface area contributed by atoms with Gasteiger partial charge < -0.3 is 10.1 Å². The highest BCUT2D eigenvalue weighted by atomic mass is 16.5. The molecule has 2 aliphatic rings. The molecule has 23 heavy (non-hydrogen) atoms. The summed E-state index contributed by atoms with van der Waals surface area (Å²) in [6.45, 7) is 15.7. The molecule has 2 fully saturated rings. The zero-order valence-corrected chi connectivity index (χ0v) is 15.9. The van der Waals surface area contributed by atoms with Crippen LogP contribution in [-0.4, -0.2) is 23.7 Å². The van der Waals surface area contributed by atoms with Crippen molar-refractivity contribution in [3.63, 3.8) is 0 Å². The predicted molar refractivity (Wildman–Crippen MR) is 95.3 cm³/mol. The lowest BCUT2D eigenvalue weighted by molar-refractivity contribution is -0.152. The van der Waals surface area contributed by atoms with Gasteiger partial charge in [0.1, 0.15) is 6.61 Å². The first-order chi connectivity index (χ1) is 10.5. The van der Waals surface area contributed by atoms with E-state index in [1.165, 1.54) is 22.3 Å². The summed E-state index contributed by atoms with van der Waals surface area (Å²) in [5, 5.41) is 3.69. The van der Waals surface area contributed by atoms with Crippen LogP contribution in [0.4, 0.5) is 0 Å². The molecule has 0 bridgehead atoms. The number of piperidine rings is 1. The Labute approximate surface area is 141 Å². The Bertz CT molecular complexity index is 540. The van der Waals surface area contributed by atoms with Gasteiger partial charge in [-0.15, -0.1) is 0 Å². The molecule has 3 heteroatoms. The predicted octanol–water partition coefficient (Wildman–Crippen LogP) is 4.53. The zero-order valence-electron chi connectivity index (χ0n) is 15.9. The van der Waals surface area contributed by atoms with Gasteiger partial charge in [0.15, 0.2) is 0 Å². The minimum Gasteiger partial charge on any atom is -0.463 e. The molecular formula is C20H33NO2.